The number of amides is 1. The number of carboxylic acid groups (broad SMARTS) is 1. The van der Waals surface area contributed by atoms with Gasteiger partial charge in [-0.3, -0.25) is 9.69 Å². The molecule has 1 saturated heterocycles. The molecule has 0 bridgehead atoms. The molecule has 2 aromatic rings. The number of hydrogen-bond acceptors (Lipinski definition) is 5. The predicted molar refractivity (Wildman–Crippen MR) is 102 cm³/mol. The second-order valence-corrected chi connectivity index (χ2v) is 7.28. The summed E-state index contributed by atoms with van der Waals surface area (Å²) in [4.78, 5) is 37.0. The summed E-state index contributed by atoms with van der Waals surface area (Å²) in [6, 6.07) is 15.1. The summed E-state index contributed by atoms with van der Waals surface area (Å²) in [7, 11) is 0. The standard InChI is InChI=1S/C20H19NO5S/c1-13(22)15-7-9-16(10-8-15)18-21(17(12-27-18)19(23)24)20(25)26-11-14-5-3-2-4-6-14/h2-10,17-18H,11-12H2,1H3,(H,23,24)/t17?,18-/m1/s1. The van der Waals surface area contributed by atoms with Crippen LogP contribution in [0, 0.1) is 0 Å². The van der Waals surface area contributed by atoms with Crippen molar-refractivity contribution in [2.24, 2.45) is 0 Å². The third kappa shape index (κ3) is 4.31. The van der Waals surface area contributed by atoms with Crippen molar-refractivity contribution in [1.29, 1.82) is 0 Å². The fraction of sp³-hybridized carbons (Fsp3) is 0.250. The van der Waals surface area contributed by atoms with E-state index in [9.17, 15) is 19.5 Å². The number of carbonyl (C=O) groups excluding carboxylic acids is 2. The average Bonchev–Trinajstić information content (AvgIpc) is 3.12. The Morgan fingerprint density at radius 1 is 1.11 bits per heavy atom. The van der Waals surface area contributed by atoms with E-state index >= 15 is 0 Å². The number of nitrogens with zero attached hydrogens (tertiary/aromatic N) is 1. The van der Waals surface area contributed by atoms with Gasteiger partial charge in [-0.2, -0.15) is 0 Å². The van der Waals surface area contributed by atoms with E-state index in [1.807, 2.05) is 30.3 Å². The molecule has 1 aliphatic heterocycles. The number of aliphatic carboxylic acids is 1. The lowest BCUT2D eigenvalue weighted by Gasteiger charge is -2.27. The van der Waals surface area contributed by atoms with Crippen molar-refractivity contribution in [2.45, 2.75) is 24.9 Å². The Morgan fingerprint density at radius 3 is 2.37 bits per heavy atom. The minimum atomic E-state index is -1.07. The topological polar surface area (TPSA) is 83.9 Å². The molecule has 0 radical (unpaired) electrons. The number of rotatable bonds is 5. The van der Waals surface area contributed by atoms with Crippen LogP contribution in [-0.2, 0) is 16.1 Å². The highest BCUT2D eigenvalue weighted by Gasteiger charge is 2.43. The molecule has 1 fully saturated rings. The molecular weight excluding hydrogens is 366 g/mol. The lowest BCUT2D eigenvalue weighted by Crippen LogP contribution is -2.43. The molecule has 6 nitrogen and oxygen atoms in total. The van der Waals surface area contributed by atoms with Gasteiger partial charge >= 0.3 is 12.1 Å². The first-order chi connectivity index (χ1) is 13.0. The Balaban J connectivity index is 1.79. The lowest BCUT2D eigenvalue weighted by molar-refractivity contribution is -0.141. The fourth-order valence-corrected chi connectivity index (χ4v) is 4.26. The van der Waals surface area contributed by atoms with Crippen molar-refractivity contribution in [3.8, 4) is 0 Å². The molecule has 1 N–H and O–H groups in total. The van der Waals surface area contributed by atoms with Crippen LogP contribution in [0.1, 0.15) is 33.8 Å². The summed E-state index contributed by atoms with van der Waals surface area (Å²) in [6.07, 6.45) is -0.670. The molecule has 1 amide bonds. The van der Waals surface area contributed by atoms with Crippen molar-refractivity contribution in [3.05, 3.63) is 71.3 Å². The van der Waals surface area contributed by atoms with E-state index in [2.05, 4.69) is 0 Å². The van der Waals surface area contributed by atoms with E-state index in [-0.39, 0.29) is 18.1 Å². The molecular formula is C20H19NO5S. The summed E-state index contributed by atoms with van der Waals surface area (Å²) in [6.45, 7) is 1.55. The summed E-state index contributed by atoms with van der Waals surface area (Å²) in [5.74, 6) is -0.847. The van der Waals surface area contributed by atoms with Crippen LogP contribution >= 0.6 is 11.8 Å². The van der Waals surface area contributed by atoms with Crippen LogP contribution in [0.2, 0.25) is 0 Å². The Labute approximate surface area is 161 Å². The third-order valence-corrected chi connectivity index (χ3v) is 5.63. The summed E-state index contributed by atoms with van der Waals surface area (Å²) in [5.41, 5.74) is 2.15. The van der Waals surface area contributed by atoms with Crippen LogP contribution in [-0.4, -0.2) is 39.6 Å². The van der Waals surface area contributed by atoms with E-state index in [1.165, 1.54) is 23.6 Å². The van der Waals surface area contributed by atoms with Crippen molar-refractivity contribution < 1.29 is 24.2 Å². The van der Waals surface area contributed by atoms with E-state index in [4.69, 9.17) is 4.74 Å². The Morgan fingerprint density at radius 2 is 1.78 bits per heavy atom. The Bertz CT molecular complexity index is 837. The maximum atomic E-state index is 12.7. The smallest absolute Gasteiger partial charge is 0.412 e. The number of benzene rings is 2. The molecule has 0 spiro atoms. The third-order valence-electron chi connectivity index (χ3n) is 4.30. The Hall–Kier alpha value is -2.80. The highest BCUT2D eigenvalue weighted by Crippen LogP contribution is 2.42. The molecule has 0 aromatic heterocycles. The lowest BCUT2D eigenvalue weighted by atomic mass is 10.1. The second-order valence-electron chi connectivity index (χ2n) is 6.17. The van der Waals surface area contributed by atoms with Crippen LogP contribution in [0.4, 0.5) is 4.79 Å². The molecule has 0 saturated carbocycles. The molecule has 1 aliphatic rings. The summed E-state index contributed by atoms with van der Waals surface area (Å²) in [5, 5.41) is 9.02. The molecule has 1 unspecified atom stereocenters. The Kier molecular flexibility index (Phi) is 5.81. The molecule has 140 valence electrons. The monoisotopic (exact) mass is 385 g/mol. The second kappa shape index (κ2) is 8.26. The first-order valence-corrected chi connectivity index (χ1v) is 9.46. The number of hydrogen-bond donors (Lipinski definition) is 1. The highest BCUT2D eigenvalue weighted by molar-refractivity contribution is 7.99. The molecule has 27 heavy (non-hydrogen) atoms. The zero-order valence-electron chi connectivity index (χ0n) is 14.7. The average molecular weight is 385 g/mol. The molecule has 2 aromatic carbocycles. The van der Waals surface area contributed by atoms with Gasteiger partial charge in [-0.1, -0.05) is 54.6 Å². The van der Waals surface area contributed by atoms with Gasteiger partial charge < -0.3 is 9.84 Å². The number of ketones is 1. The molecule has 7 heteroatoms. The summed E-state index contributed by atoms with van der Waals surface area (Å²) < 4.78 is 5.36. The van der Waals surface area contributed by atoms with Gasteiger partial charge in [-0.25, -0.2) is 9.59 Å². The number of thioether (sulfide) groups is 1. The maximum Gasteiger partial charge on any atom is 0.412 e. The first-order valence-electron chi connectivity index (χ1n) is 8.41. The zero-order chi connectivity index (χ0) is 19.4. The van der Waals surface area contributed by atoms with E-state index in [0.717, 1.165) is 11.1 Å². The SMILES string of the molecule is CC(=O)c1ccc([C@H]2SCC(C(=O)O)N2C(=O)OCc2ccccc2)cc1. The van der Waals surface area contributed by atoms with Gasteiger partial charge in [0.2, 0.25) is 0 Å². The van der Waals surface area contributed by atoms with Crippen LogP contribution in [0.5, 0.6) is 0 Å². The number of carbonyl (C=O) groups is 3. The van der Waals surface area contributed by atoms with Gasteiger partial charge in [0.25, 0.3) is 0 Å². The van der Waals surface area contributed by atoms with E-state index in [0.29, 0.717) is 5.56 Å². The van der Waals surface area contributed by atoms with Crippen molar-refractivity contribution in [2.75, 3.05) is 5.75 Å². The van der Waals surface area contributed by atoms with Gasteiger partial charge in [0.15, 0.2) is 5.78 Å². The van der Waals surface area contributed by atoms with Gasteiger partial charge in [-0.05, 0) is 18.1 Å². The maximum absolute atomic E-state index is 12.7. The van der Waals surface area contributed by atoms with Gasteiger partial charge in [0, 0.05) is 11.3 Å². The van der Waals surface area contributed by atoms with Crippen LogP contribution in [0.25, 0.3) is 0 Å². The van der Waals surface area contributed by atoms with Crippen molar-refractivity contribution >= 4 is 29.6 Å². The van der Waals surface area contributed by atoms with Crippen molar-refractivity contribution in [3.63, 3.8) is 0 Å². The quantitative estimate of drug-likeness (QED) is 0.790. The van der Waals surface area contributed by atoms with E-state index < -0.39 is 23.5 Å². The van der Waals surface area contributed by atoms with Gasteiger partial charge in [0.1, 0.15) is 18.0 Å². The molecule has 1 heterocycles. The highest BCUT2D eigenvalue weighted by atomic mass is 32.2. The molecule has 0 aliphatic carbocycles. The van der Waals surface area contributed by atoms with Gasteiger partial charge in [-0.15, -0.1) is 11.8 Å². The van der Waals surface area contributed by atoms with Crippen molar-refractivity contribution in [1.82, 2.24) is 4.90 Å². The van der Waals surface area contributed by atoms with Crippen LogP contribution in [0.15, 0.2) is 54.6 Å². The zero-order valence-corrected chi connectivity index (χ0v) is 15.5. The fourth-order valence-electron chi connectivity index (χ4n) is 2.85. The largest absolute Gasteiger partial charge is 0.480 e. The molecule has 3 rings (SSSR count). The summed E-state index contributed by atoms with van der Waals surface area (Å²) >= 11 is 1.36. The first kappa shape index (κ1) is 19.0. The van der Waals surface area contributed by atoms with Crippen LogP contribution in [0.3, 0.4) is 0 Å². The number of ether oxygens (including phenoxy) is 1. The van der Waals surface area contributed by atoms with Gasteiger partial charge in [0.05, 0.1) is 0 Å². The minimum Gasteiger partial charge on any atom is -0.480 e. The normalized spacial score (nSPS) is 18.9. The minimum absolute atomic E-state index is 0.0526. The van der Waals surface area contributed by atoms with Crippen LogP contribution < -0.4 is 0 Å². The predicted octanol–water partition coefficient (Wildman–Crippen LogP) is 3.73. The molecule has 2 atom stereocenters. The van der Waals surface area contributed by atoms with E-state index in [1.54, 1.807) is 24.3 Å². The number of carboxylic acids is 1. The number of Topliss-reactive ketones (excluding diaryl/α,β-unsaturated/α-hetero) is 1.